The molecule has 0 radical (unpaired) electrons. The lowest BCUT2D eigenvalue weighted by molar-refractivity contribution is 0.249. The van der Waals surface area contributed by atoms with Crippen molar-refractivity contribution < 1.29 is 8.42 Å². The summed E-state index contributed by atoms with van der Waals surface area (Å²) in [5, 5.41) is 6.66. The van der Waals surface area contributed by atoms with Crippen molar-refractivity contribution in [3.05, 3.63) is 24.3 Å². The number of hydrogen-bond donors (Lipinski definition) is 2. The highest BCUT2D eigenvalue weighted by molar-refractivity contribution is 7.89. The fourth-order valence-corrected chi connectivity index (χ4v) is 3.15. The first-order chi connectivity index (χ1) is 10.00. The van der Waals surface area contributed by atoms with E-state index in [1.54, 1.807) is 12.1 Å². The van der Waals surface area contributed by atoms with Gasteiger partial charge in [-0.25, -0.2) is 12.7 Å². The molecule has 7 heteroatoms. The summed E-state index contributed by atoms with van der Waals surface area (Å²) in [6.07, 6.45) is 0. The van der Waals surface area contributed by atoms with Gasteiger partial charge in [-0.2, -0.15) is 0 Å². The van der Waals surface area contributed by atoms with Crippen LogP contribution >= 0.6 is 0 Å². The van der Waals surface area contributed by atoms with E-state index in [0.29, 0.717) is 4.90 Å². The van der Waals surface area contributed by atoms with Crippen LogP contribution in [0.5, 0.6) is 0 Å². The Morgan fingerprint density at radius 3 is 2.38 bits per heavy atom. The van der Waals surface area contributed by atoms with Crippen LogP contribution in [0.2, 0.25) is 0 Å². The minimum atomic E-state index is -3.34. The second-order valence-electron chi connectivity index (χ2n) is 5.33. The Labute approximate surface area is 127 Å². The molecule has 1 saturated heterocycles. The summed E-state index contributed by atoms with van der Waals surface area (Å²) in [5.41, 5.74) is 0.947. The molecule has 2 rings (SSSR count). The molecule has 2 N–H and O–H groups in total. The zero-order valence-corrected chi connectivity index (χ0v) is 13.5. The van der Waals surface area contributed by atoms with Gasteiger partial charge in [-0.05, 0) is 24.3 Å². The van der Waals surface area contributed by atoms with Crippen LogP contribution in [0.4, 0.5) is 5.69 Å². The monoisotopic (exact) mass is 312 g/mol. The van der Waals surface area contributed by atoms with Crippen LogP contribution in [0, 0.1) is 0 Å². The highest BCUT2D eigenvalue weighted by Gasteiger charge is 2.16. The van der Waals surface area contributed by atoms with E-state index < -0.39 is 10.0 Å². The van der Waals surface area contributed by atoms with Gasteiger partial charge in [-0.3, -0.25) is 4.90 Å². The third-order valence-corrected chi connectivity index (χ3v) is 5.43. The van der Waals surface area contributed by atoms with E-state index in [1.165, 1.54) is 18.4 Å². The average molecular weight is 312 g/mol. The van der Waals surface area contributed by atoms with Crippen molar-refractivity contribution in [2.45, 2.75) is 4.90 Å². The minimum absolute atomic E-state index is 0.320. The molecule has 0 saturated carbocycles. The van der Waals surface area contributed by atoms with E-state index in [4.69, 9.17) is 0 Å². The Hall–Kier alpha value is -1.15. The maximum absolute atomic E-state index is 12.0. The topological polar surface area (TPSA) is 64.7 Å². The van der Waals surface area contributed by atoms with E-state index >= 15 is 0 Å². The van der Waals surface area contributed by atoms with E-state index in [-0.39, 0.29) is 0 Å². The van der Waals surface area contributed by atoms with Gasteiger partial charge in [-0.15, -0.1) is 0 Å². The van der Waals surface area contributed by atoms with Crippen molar-refractivity contribution in [2.75, 3.05) is 58.7 Å². The predicted octanol–water partition coefficient (Wildman–Crippen LogP) is 0.254. The van der Waals surface area contributed by atoms with Crippen LogP contribution in [0.3, 0.4) is 0 Å². The summed E-state index contributed by atoms with van der Waals surface area (Å²) >= 11 is 0. The maximum Gasteiger partial charge on any atom is 0.242 e. The van der Waals surface area contributed by atoms with Gasteiger partial charge in [0.2, 0.25) is 10.0 Å². The number of rotatable bonds is 6. The van der Waals surface area contributed by atoms with Crippen LogP contribution < -0.4 is 10.6 Å². The van der Waals surface area contributed by atoms with Crippen molar-refractivity contribution >= 4 is 15.7 Å². The molecule has 1 heterocycles. The molecule has 1 aromatic carbocycles. The third-order valence-electron chi connectivity index (χ3n) is 3.60. The smallest absolute Gasteiger partial charge is 0.242 e. The molecule has 1 aliphatic heterocycles. The molecule has 0 unspecified atom stereocenters. The average Bonchev–Trinajstić information content (AvgIpc) is 2.49. The van der Waals surface area contributed by atoms with Gasteiger partial charge in [0.15, 0.2) is 0 Å². The minimum Gasteiger partial charge on any atom is -0.384 e. The van der Waals surface area contributed by atoms with Crippen LogP contribution in [0.15, 0.2) is 29.2 Å². The largest absolute Gasteiger partial charge is 0.384 e. The highest BCUT2D eigenvalue weighted by Crippen LogP contribution is 2.16. The molecular weight excluding hydrogens is 288 g/mol. The summed E-state index contributed by atoms with van der Waals surface area (Å²) in [4.78, 5) is 2.73. The summed E-state index contributed by atoms with van der Waals surface area (Å²) in [7, 11) is -0.268. The number of piperazine rings is 1. The van der Waals surface area contributed by atoms with Gasteiger partial charge in [0.05, 0.1) is 4.90 Å². The number of nitrogens with one attached hydrogen (secondary N) is 2. The lowest BCUT2D eigenvalue weighted by atomic mass is 10.3. The molecule has 1 fully saturated rings. The number of anilines is 1. The summed E-state index contributed by atoms with van der Waals surface area (Å²) < 4.78 is 25.1. The Kier molecular flexibility index (Phi) is 5.58. The van der Waals surface area contributed by atoms with Crippen LogP contribution in [0.1, 0.15) is 0 Å². The number of hydrogen-bond acceptors (Lipinski definition) is 5. The lowest BCUT2D eigenvalue weighted by Gasteiger charge is -2.27. The third kappa shape index (κ3) is 4.41. The molecule has 6 nitrogen and oxygen atoms in total. The van der Waals surface area contributed by atoms with Crippen molar-refractivity contribution in [1.82, 2.24) is 14.5 Å². The summed E-state index contributed by atoms with van der Waals surface area (Å²) in [5.74, 6) is 0. The molecule has 0 spiro atoms. The lowest BCUT2D eigenvalue weighted by Crippen LogP contribution is -2.45. The zero-order chi connectivity index (χ0) is 15.3. The molecule has 1 aliphatic rings. The van der Waals surface area contributed by atoms with E-state index in [1.807, 2.05) is 12.1 Å². The van der Waals surface area contributed by atoms with E-state index in [9.17, 15) is 8.42 Å². The maximum atomic E-state index is 12.0. The Bertz CT molecular complexity index is 537. The Morgan fingerprint density at radius 1 is 1.19 bits per heavy atom. The fraction of sp³-hybridized carbons (Fsp3) is 0.571. The van der Waals surface area contributed by atoms with Gasteiger partial charge in [0, 0.05) is 59.1 Å². The number of benzene rings is 1. The van der Waals surface area contributed by atoms with Crippen LogP contribution in [0.25, 0.3) is 0 Å². The summed E-state index contributed by atoms with van der Waals surface area (Å²) in [6.45, 7) is 6.14. The first-order valence-electron chi connectivity index (χ1n) is 7.20. The zero-order valence-electron chi connectivity index (χ0n) is 12.7. The van der Waals surface area contributed by atoms with Crippen LogP contribution in [-0.2, 0) is 10.0 Å². The molecule has 0 aliphatic carbocycles. The Morgan fingerprint density at radius 2 is 1.81 bits per heavy atom. The van der Waals surface area contributed by atoms with Crippen molar-refractivity contribution in [1.29, 1.82) is 0 Å². The second-order valence-corrected chi connectivity index (χ2v) is 7.48. The molecule has 0 atom stereocenters. The molecule has 0 aromatic heterocycles. The molecule has 1 aromatic rings. The SMILES string of the molecule is CN(C)S(=O)(=O)c1ccc(NCCN2CCNCC2)cc1. The molecule has 21 heavy (non-hydrogen) atoms. The van der Waals surface area contributed by atoms with Gasteiger partial charge in [0.25, 0.3) is 0 Å². The van der Waals surface area contributed by atoms with Gasteiger partial charge < -0.3 is 10.6 Å². The molecule has 0 bridgehead atoms. The highest BCUT2D eigenvalue weighted by atomic mass is 32.2. The Balaban J connectivity index is 1.85. The molecule has 0 amide bonds. The fourth-order valence-electron chi connectivity index (χ4n) is 2.25. The quantitative estimate of drug-likeness (QED) is 0.788. The van der Waals surface area contributed by atoms with E-state index in [2.05, 4.69) is 15.5 Å². The van der Waals surface area contributed by atoms with Crippen LogP contribution in [-0.4, -0.2) is 71.0 Å². The second kappa shape index (κ2) is 7.22. The first kappa shape index (κ1) is 16.2. The van der Waals surface area contributed by atoms with Crippen molar-refractivity contribution in [3.63, 3.8) is 0 Å². The number of sulfonamides is 1. The van der Waals surface area contributed by atoms with Crippen molar-refractivity contribution in [2.24, 2.45) is 0 Å². The van der Waals surface area contributed by atoms with Gasteiger partial charge >= 0.3 is 0 Å². The predicted molar refractivity (Wildman–Crippen MR) is 85.1 cm³/mol. The van der Waals surface area contributed by atoms with E-state index in [0.717, 1.165) is 45.0 Å². The standard InChI is InChI=1S/C14H24N4O2S/c1-17(2)21(19,20)14-5-3-13(4-6-14)16-9-12-18-10-7-15-8-11-18/h3-6,15-16H,7-12H2,1-2H3. The normalized spacial score (nSPS) is 17.1. The first-order valence-corrected chi connectivity index (χ1v) is 8.64. The van der Waals surface area contributed by atoms with Crippen molar-refractivity contribution in [3.8, 4) is 0 Å². The number of nitrogens with zero attached hydrogens (tertiary/aromatic N) is 2. The van der Waals surface area contributed by atoms with Gasteiger partial charge in [-0.1, -0.05) is 0 Å². The summed E-state index contributed by atoms with van der Waals surface area (Å²) in [6, 6.07) is 6.91. The van der Waals surface area contributed by atoms with Gasteiger partial charge in [0.1, 0.15) is 0 Å². The molecule has 118 valence electrons. The molecular formula is C14H24N4O2S.